The van der Waals surface area contributed by atoms with Crippen LogP contribution in [-0.2, 0) is 22.5 Å². The van der Waals surface area contributed by atoms with E-state index in [-0.39, 0.29) is 36.4 Å². The van der Waals surface area contributed by atoms with Gasteiger partial charge in [0, 0.05) is 25.1 Å². The highest BCUT2D eigenvalue weighted by Gasteiger charge is 2.32. The summed E-state index contributed by atoms with van der Waals surface area (Å²) in [6.45, 7) is 2.48. The maximum atomic E-state index is 12.2. The van der Waals surface area contributed by atoms with Gasteiger partial charge in [0.2, 0.25) is 5.91 Å². The summed E-state index contributed by atoms with van der Waals surface area (Å²) in [7, 11) is 1.65. The predicted molar refractivity (Wildman–Crippen MR) is 85.7 cm³/mol. The van der Waals surface area contributed by atoms with E-state index in [2.05, 4.69) is 17.4 Å². The van der Waals surface area contributed by atoms with Crippen molar-refractivity contribution in [3.05, 3.63) is 17.5 Å². The standard InChI is InChI=1S/C15H25N3O3.ClH/c1-3-4-11-8-12(21-18-11)9-17-15(19)10-5-6-13(16)14(7-10)20-2;/h8,10,13-14H,3-7,9,16H2,1-2H3,(H,17,19);1H/t10-,13+,14+;/m0./s1. The molecule has 1 fully saturated rings. The van der Waals surface area contributed by atoms with Gasteiger partial charge in [-0.3, -0.25) is 4.79 Å². The van der Waals surface area contributed by atoms with Crippen molar-refractivity contribution in [3.8, 4) is 0 Å². The average molecular weight is 332 g/mol. The summed E-state index contributed by atoms with van der Waals surface area (Å²) < 4.78 is 10.5. The zero-order valence-corrected chi connectivity index (χ0v) is 14.0. The van der Waals surface area contributed by atoms with Gasteiger partial charge in [-0.05, 0) is 25.7 Å². The number of aromatic nitrogens is 1. The second-order valence-corrected chi connectivity index (χ2v) is 5.70. The third kappa shape index (κ3) is 4.97. The van der Waals surface area contributed by atoms with Gasteiger partial charge in [0.05, 0.1) is 18.3 Å². The number of rotatable bonds is 6. The van der Waals surface area contributed by atoms with Gasteiger partial charge in [-0.15, -0.1) is 12.4 Å². The van der Waals surface area contributed by atoms with E-state index in [4.69, 9.17) is 15.0 Å². The lowest BCUT2D eigenvalue weighted by atomic mass is 9.83. The maximum absolute atomic E-state index is 12.2. The van der Waals surface area contributed by atoms with Crippen molar-refractivity contribution in [2.45, 2.75) is 57.7 Å². The Morgan fingerprint density at radius 1 is 1.55 bits per heavy atom. The van der Waals surface area contributed by atoms with Gasteiger partial charge in [0.15, 0.2) is 5.76 Å². The molecular formula is C15H26ClN3O3. The van der Waals surface area contributed by atoms with Crippen molar-refractivity contribution in [2.75, 3.05) is 7.11 Å². The van der Waals surface area contributed by atoms with Gasteiger partial charge in [-0.25, -0.2) is 0 Å². The summed E-state index contributed by atoms with van der Waals surface area (Å²) in [5.74, 6) is 0.702. The number of carbonyl (C=O) groups excluding carboxylic acids is 1. The van der Waals surface area contributed by atoms with Crippen molar-refractivity contribution < 1.29 is 14.1 Å². The fourth-order valence-corrected chi connectivity index (χ4v) is 2.79. The van der Waals surface area contributed by atoms with Gasteiger partial charge in [0.25, 0.3) is 0 Å². The van der Waals surface area contributed by atoms with Gasteiger partial charge >= 0.3 is 0 Å². The number of hydrogen-bond donors (Lipinski definition) is 2. The average Bonchev–Trinajstić information content (AvgIpc) is 2.93. The van der Waals surface area contributed by atoms with Crippen LogP contribution in [0.5, 0.6) is 0 Å². The summed E-state index contributed by atoms with van der Waals surface area (Å²) >= 11 is 0. The first kappa shape index (κ1) is 18.9. The Kier molecular flexibility index (Phi) is 7.85. The van der Waals surface area contributed by atoms with Crippen LogP contribution >= 0.6 is 12.4 Å². The molecule has 1 aliphatic carbocycles. The van der Waals surface area contributed by atoms with Gasteiger partial charge in [-0.2, -0.15) is 0 Å². The van der Waals surface area contributed by atoms with Gasteiger partial charge < -0.3 is 20.3 Å². The number of hydrogen-bond acceptors (Lipinski definition) is 5. The van der Waals surface area contributed by atoms with Crippen LogP contribution in [0.3, 0.4) is 0 Å². The van der Waals surface area contributed by atoms with Crippen LogP contribution in [0.15, 0.2) is 10.6 Å². The van der Waals surface area contributed by atoms with Crippen molar-refractivity contribution in [1.82, 2.24) is 10.5 Å². The SMILES string of the molecule is CCCc1cc(CNC(=O)[C@H]2CC[C@@H](N)[C@H](OC)C2)on1.Cl. The molecule has 1 amide bonds. The van der Waals surface area contributed by atoms with Crippen molar-refractivity contribution in [2.24, 2.45) is 11.7 Å². The van der Waals surface area contributed by atoms with Crippen molar-refractivity contribution in [1.29, 1.82) is 0 Å². The summed E-state index contributed by atoms with van der Waals surface area (Å²) in [6, 6.07) is 1.93. The molecule has 6 nitrogen and oxygen atoms in total. The van der Waals surface area contributed by atoms with Crippen LogP contribution in [0.1, 0.15) is 44.1 Å². The molecule has 126 valence electrons. The Morgan fingerprint density at radius 2 is 2.32 bits per heavy atom. The Balaban J connectivity index is 0.00000242. The van der Waals surface area contributed by atoms with Crippen LogP contribution in [-0.4, -0.2) is 30.3 Å². The molecule has 1 heterocycles. The lowest BCUT2D eigenvalue weighted by molar-refractivity contribution is -0.128. The number of aryl methyl sites for hydroxylation is 1. The third-order valence-electron chi connectivity index (χ3n) is 4.07. The number of halogens is 1. The fraction of sp³-hybridized carbons (Fsp3) is 0.733. The van der Waals surface area contributed by atoms with Crippen LogP contribution in [0.2, 0.25) is 0 Å². The summed E-state index contributed by atoms with van der Waals surface area (Å²) in [5.41, 5.74) is 6.90. The molecule has 7 heteroatoms. The fourth-order valence-electron chi connectivity index (χ4n) is 2.79. The highest BCUT2D eigenvalue weighted by Crippen LogP contribution is 2.25. The number of ether oxygens (including phenoxy) is 1. The van der Waals surface area contributed by atoms with E-state index < -0.39 is 0 Å². The maximum Gasteiger partial charge on any atom is 0.223 e. The first-order valence-corrected chi connectivity index (χ1v) is 7.64. The summed E-state index contributed by atoms with van der Waals surface area (Å²) in [4.78, 5) is 12.2. The molecule has 1 aliphatic rings. The monoisotopic (exact) mass is 331 g/mol. The second-order valence-electron chi connectivity index (χ2n) is 5.70. The van der Waals surface area contributed by atoms with Crippen molar-refractivity contribution in [3.63, 3.8) is 0 Å². The quantitative estimate of drug-likeness (QED) is 0.829. The van der Waals surface area contributed by atoms with Crippen LogP contribution in [0.4, 0.5) is 0 Å². The third-order valence-corrected chi connectivity index (χ3v) is 4.07. The molecule has 22 heavy (non-hydrogen) atoms. The molecule has 1 aromatic heterocycles. The van der Waals surface area contributed by atoms with E-state index >= 15 is 0 Å². The number of methoxy groups -OCH3 is 1. The van der Waals surface area contributed by atoms with E-state index in [0.717, 1.165) is 31.4 Å². The van der Waals surface area contributed by atoms with E-state index in [1.807, 2.05) is 6.07 Å². The van der Waals surface area contributed by atoms with E-state index in [0.29, 0.717) is 18.7 Å². The van der Waals surface area contributed by atoms with Crippen LogP contribution in [0, 0.1) is 5.92 Å². The topological polar surface area (TPSA) is 90.4 Å². The first-order chi connectivity index (χ1) is 10.1. The zero-order valence-electron chi connectivity index (χ0n) is 13.2. The molecule has 0 aliphatic heterocycles. The molecule has 0 saturated heterocycles. The van der Waals surface area contributed by atoms with Crippen LogP contribution < -0.4 is 11.1 Å². The van der Waals surface area contributed by atoms with E-state index in [1.165, 1.54) is 0 Å². The molecule has 0 bridgehead atoms. The summed E-state index contributed by atoms with van der Waals surface area (Å²) in [5, 5.41) is 6.88. The van der Waals surface area contributed by atoms with Gasteiger partial charge in [-0.1, -0.05) is 18.5 Å². The largest absolute Gasteiger partial charge is 0.380 e. The normalized spacial score (nSPS) is 24.6. The summed E-state index contributed by atoms with van der Waals surface area (Å²) in [6.07, 6.45) is 4.20. The molecule has 2 rings (SSSR count). The number of carbonyl (C=O) groups is 1. The van der Waals surface area contributed by atoms with E-state index in [9.17, 15) is 4.79 Å². The van der Waals surface area contributed by atoms with Crippen molar-refractivity contribution >= 4 is 18.3 Å². The molecular weight excluding hydrogens is 306 g/mol. The number of amides is 1. The Bertz CT molecular complexity index is 467. The Labute approximate surface area is 137 Å². The highest BCUT2D eigenvalue weighted by atomic mass is 35.5. The molecule has 3 N–H and O–H groups in total. The lowest BCUT2D eigenvalue weighted by Crippen LogP contribution is -2.45. The highest BCUT2D eigenvalue weighted by molar-refractivity contribution is 5.85. The zero-order chi connectivity index (χ0) is 15.2. The minimum absolute atomic E-state index is 0. The Morgan fingerprint density at radius 3 is 3.00 bits per heavy atom. The predicted octanol–water partition coefficient (Wildman–Crippen LogP) is 1.81. The molecule has 0 radical (unpaired) electrons. The molecule has 0 aromatic carbocycles. The minimum Gasteiger partial charge on any atom is -0.380 e. The molecule has 1 saturated carbocycles. The van der Waals surface area contributed by atoms with E-state index in [1.54, 1.807) is 7.11 Å². The number of nitrogens with one attached hydrogen (secondary N) is 1. The molecule has 0 unspecified atom stereocenters. The number of nitrogens with two attached hydrogens (primary N) is 1. The molecule has 3 atom stereocenters. The lowest BCUT2D eigenvalue weighted by Gasteiger charge is -2.32. The van der Waals surface area contributed by atoms with Gasteiger partial charge in [0.1, 0.15) is 0 Å². The van der Waals surface area contributed by atoms with Crippen LogP contribution in [0.25, 0.3) is 0 Å². The second kappa shape index (κ2) is 9.12. The number of nitrogens with zero attached hydrogens (tertiary/aromatic N) is 1. The first-order valence-electron chi connectivity index (χ1n) is 7.64. The Hall–Kier alpha value is -1.11. The molecule has 0 spiro atoms. The smallest absolute Gasteiger partial charge is 0.223 e. The molecule has 1 aromatic rings. The minimum atomic E-state index is -0.0345.